The van der Waals surface area contributed by atoms with Gasteiger partial charge in [-0.05, 0) is 44.5 Å². The predicted octanol–water partition coefficient (Wildman–Crippen LogP) is 3.16. The van der Waals surface area contributed by atoms with Crippen LogP contribution in [0.5, 0.6) is 0 Å². The Balaban J connectivity index is 1.54. The van der Waals surface area contributed by atoms with E-state index in [2.05, 4.69) is 30.7 Å². The summed E-state index contributed by atoms with van der Waals surface area (Å²) in [5, 5.41) is 10.6. The summed E-state index contributed by atoms with van der Waals surface area (Å²) in [4.78, 5) is 25.4. The summed E-state index contributed by atoms with van der Waals surface area (Å²) in [6.07, 6.45) is 3.40. The van der Waals surface area contributed by atoms with Crippen LogP contribution in [0, 0.1) is 20.8 Å². The van der Waals surface area contributed by atoms with Gasteiger partial charge in [-0.3, -0.25) is 9.78 Å². The molecule has 8 nitrogen and oxygen atoms in total. The van der Waals surface area contributed by atoms with Gasteiger partial charge < -0.3 is 10.6 Å². The molecule has 0 aliphatic rings. The molecule has 0 aliphatic heterocycles. The number of pyridine rings is 1. The molecule has 0 saturated heterocycles. The number of rotatable bonds is 5. The summed E-state index contributed by atoms with van der Waals surface area (Å²) in [5.41, 5.74) is 4.56. The van der Waals surface area contributed by atoms with Crippen molar-refractivity contribution in [1.82, 2.24) is 24.6 Å². The molecule has 4 aromatic rings. The monoisotopic (exact) mass is 387 g/mol. The largest absolute Gasteiger partial charge is 0.361 e. The SMILES string of the molecule is Cc1ccc(NC(=O)CNc2cc(C)nc3nc(-c4cccnc4)nn23)c(C)c1. The zero-order chi connectivity index (χ0) is 20.4. The number of benzene rings is 1. The summed E-state index contributed by atoms with van der Waals surface area (Å²) in [7, 11) is 0. The lowest BCUT2D eigenvalue weighted by atomic mass is 10.1. The first-order valence-electron chi connectivity index (χ1n) is 9.25. The Kier molecular flexibility index (Phi) is 4.90. The Morgan fingerprint density at radius 3 is 2.72 bits per heavy atom. The van der Waals surface area contributed by atoms with Gasteiger partial charge in [-0.2, -0.15) is 9.50 Å². The van der Waals surface area contributed by atoms with Crippen molar-refractivity contribution in [3.8, 4) is 11.4 Å². The summed E-state index contributed by atoms with van der Waals surface area (Å²) in [6, 6.07) is 11.5. The number of fused-ring (bicyclic) bond motifs is 1. The predicted molar refractivity (Wildman–Crippen MR) is 112 cm³/mol. The second-order valence-corrected chi connectivity index (χ2v) is 6.89. The van der Waals surface area contributed by atoms with E-state index in [1.807, 2.05) is 57.2 Å². The Morgan fingerprint density at radius 1 is 1.10 bits per heavy atom. The first-order chi connectivity index (χ1) is 14.0. The van der Waals surface area contributed by atoms with E-state index in [1.54, 1.807) is 16.9 Å². The molecular formula is C21H21N7O. The maximum absolute atomic E-state index is 12.4. The van der Waals surface area contributed by atoms with Crippen molar-refractivity contribution in [1.29, 1.82) is 0 Å². The van der Waals surface area contributed by atoms with Crippen molar-refractivity contribution < 1.29 is 4.79 Å². The van der Waals surface area contributed by atoms with E-state index in [1.165, 1.54) is 0 Å². The van der Waals surface area contributed by atoms with Crippen LogP contribution in [0.25, 0.3) is 17.2 Å². The highest BCUT2D eigenvalue weighted by atomic mass is 16.1. The maximum Gasteiger partial charge on any atom is 0.254 e. The molecule has 1 aromatic carbocycles. The van der Waals surface area contributed by atoms with Crippen LogP contribution in [0.15, 0.2) is 48.8 Å². The molecule has 0 aliphatic carbocycles. The third-order valence-corrected chi connectivity index (χ3v) is 4.45. The van der Waals surface area contributed by atoms with Crippen molar-refractivity contribution in [3.05, 3.63) is 65.6 Å². The van der Waals surface area contributed by atoms with Crippen molar-refractivity contribution in [3.63, 3.8) is 0 Å². The summed E-state index contributed by atoms with van der Waals surface area (Å²) < 4.78 is 1.60. The molecule has 8 heteroatoms. The van der Waals surface area contributed by atoms with E-state index < -0.39 is 0 Å². The minimum Gasteiger partial charge on any atom is -0.361 e. The Labute approximate surface area is 168 Å². The van der Waals surface area contributed by atoms with Crippen molar-refractivity contribution >= 4 is 23.2 Å². The molecule has 1 amide bonds. The Morgan fingerprint density at radius 2 is 1.97 bits per heavy atom. The van der Waals surface area contributed by atoms with Crippen molar-refractivity contribution in [2.45, 2.75) is 20.8 Å². The standard InChI is InChI=1S/C21H21N7O/c1-13-6-7-17(14(2)9-13)25-19(29)12-23-18-10-15(3)24-21-26-20(27-28(18)21)16-5-4-8-22-11-16/h4-11,23H,12H2,1-3H3,(H,25,29). The average molecular weight is 387 g/mol. The van der Waals surface area contributed by atoms with E-state index in [0.29, 0.717) is 17.4 Å². The molecule has 3 heterocycles. The summed E-state index contributed by atoms with van der Waals surface area (Å²) in [5.74, 6) is 1.48. The lowest BCUT2D eigenvalue weighted by Crippen LogP contribution is -2.23. The fraction of sp³-hybridized carbons (Fsp3) is 0.190. The fourth-order valence-electron chi connectivity index (χ4n) is 3.05. The number of nitrogens with one attached hydrogen (secondary N) is 2. The molecule has 0 saturated carbocycles. The van der Waals surface area contributed by atoms with Gasteiger partial charge in [0.2, 0.25) is 5.91 Å². The molecular weight excluding hydrogens is 366 g/mol. The van der Waals surface area contributed by atoms with Gasteiger partial charge in [0.1, 0.15) is 5.82 Å². The summed E-state index contributed by atoms with van der Waals surface area (Å²) in [6.45, 7) is 5.96. The second kappa shape index (κ2) is 7.67. The van der Waals surface area contributed by atoms with Gasteiger partial charge in [0.25, 0.3) is 5.78 Å². The van der Waals surface area contributed by atoms with Gasteiger partial charge in [-0.1, -0.05) is 17.7 Å². The number of nitrogens with zero attached hydrogens (tertiary/aromatic N) is 5. The molecule has 3 aromatic heterocycles. The van der Waals surface area contributed by atoms with Gasteiger partial charge >= 0.3 is 0 Å². The highest BCUT2D eigenvalue weighted by molar-refractivity contribution is 5.94. The number of aryl methyl sites for hydroxylation is 3. The zero-order valence-corrected chi connectivity index (χ0v) is 16.5. The molecule has 0 fully saturated rings. The van der Waals surface area contributed by atoms with E-state index >= 15 is 0 Å². The van der Waals surface area contributed by atoms with E-state index in [-0.39, 0.29) is 12.5 Å². The quantitative estimate of drug-likeness (QED) is 0.546. The zero-order valence-electron chi connectivity index (χ0n) is 16.5. The number of carbonyl (C=O) groups is 1. The van der Waals surface area contributed by atoms with E-state index in [9.17, 15) is 4.79 Å². The smallest absolute Gasteiger partial charge is 0.254 e. The van der Waals surface area contributed by atoms with Crippen LogP contribution in [0.2, 0.25) is 0 Å². The number of aromatic nitrogens is 5. The highest BCUT2D eigenvalue weighted by Gasteiger charge is 2.13. The molecule has 0 spiro atoms. The molecule has 29 heavy (non-hydrogen) atoms. The topological polar surface area (TPSA) is 97.1 Å². The van der Waals surface area contributed by atoms with E-state index in [4.69, 9.17) is 0 Å². The number of anilines is 2. The van der Waals surface area contributed by atoms with Crippen LogP contribution < -0.4 is 10.6 Å². The Bertz CT molecular complexity index is 1180. The van der Waals surface area contributed by atoms with Gasteiger partial charge in [0.05, 0.1) is 6.54 Å². The second-order valence-electron chi connectivity index (χ2n) is 6.89. The van der Waals surface area contributed by atoms with Crippen LogP contribution in [0.1, 0.15) is 16.8 Å². The van der Waals surface area contributed by atoms with Gasteiger partial charge in [-0.25, -0.2) is 4.98 Å². The third-order valence-electron chi connectivity index (χ3n) is 4.45. The molecule has 0 bridgehead atoms. The third kappa shape index (κ3) is 4.06. The number of carbonyl (C=O) groups excluding carboxylic acids is 1. The molecule has 4 rings (SSSR count). The van der Waals surface area contributed by atoms with Crippen LogP contribution in [0.4, 0.5) is 11.5 Å². The number of hydrogen-bond donors (Lipinski definition) is 2. The fourth-order valence-corrected chi connectivity index (χ4v) is 3.05. The van der Waals surface area contributed by atoms with Crippen LogP contribution in [-0.4, -0.2) is 37.0 Å². The van der Waals surface area contributed by atoms with E-state index in [0.717, 1.165) is 28.1 Å². The molecule has 2 N–H and O–H groups in total. The highest BCUT2D eigenvalue weighted by Crippen LogP contribution is 2.18. The van der Waals surface area contributed by atoms with Gasteiger partial charge in [0.15, 0.2) is 5.82 Å². The number of amides is 1. The minimum absolute atomic E-state index is 0.0912. The van der Waals surface area contributed by atoms with Gasteiger partial charge in [-0.15, -0.1) is 5.10 Å². The first-order valence-corrected chi connectivity index (χ1v) is 9.25. The van der Waals surface area contributed by atoms with Crippen molar-refractivity contribution in [2.75, 3.05) is 17.2 Å². The average Bonchev–Trinajstić information content (AvgIpc) is 3.13. The lowest BCUT2D eigenvalue weighted by molar-refractivity contribution is -0.114. The lowest BCUT2D eigenvalue weighted by Gasteiger charge is -2.11. The maximum atomic E-state index is 12.4. The van der Waals surface area contributed by atoms with Crippen LogP contribution in [0.3, 0.4) is 0 Å². The Hall–Kier alpha value is -3.81. The minimum atomic E-state index is -0.146. The molecule has 0 unspecified atom stereocenters. The first kappa shape index (κ1) is 18.5. The van der Waals surface area contributed by atoms with Crippen LogP contribution >= 0.6 is 0 Å². The number of hydrogen-bond acceptors (Lipinski definition) is 6. The van der Waals surface area contributed by atoms with Crippen LogP contribution in [-0.2, 0) is 4.79 Å². The van der Waals surface area contributed by atoms with Gasteiger partial charge in [0, 0.05) is 35.4 Å². The molecule has 0 radical (unpaired) electrons. The normalized spacial score (nSPS) is 10.9. The summed E-state index contributed by atoms with van der Waals surface area (Å²) >= 11 is 0. The molecule has 0 atom stereocenters. The molecule has 146 valence electrons. The van der Waals surface area contributed by atoms with Crippen molar-refractivity contribution in [2.24, 2.45) is 0 Å².